The van der Waals surface area contributed by atoms with E-state index in [4.69, 9.17) is 9.84 Å². The molecule has 2 atom stereocenters. The van der Waals surface area contributed by atoms with Crippen LogP contribution in [0, 0.1) is 17.1 Å². The lowest BCUT2D eigenvalue weighted by Gasteiger charge is -2.44. The fourth-order valence-electron chi connectivity index (χ4n) is 4.69. The molecule has 2 aromatic carbocycles. The number of ether oxygens (including phenoxy) is 1. The summed E-state index contributed by atoms with van der Waals surface area (Å²) in [6.07, 6.45) is 0.807. The molecular weight excluding hydrogens is 487 g/mol. The van der Waals surface area contributed by atoms with Crippen molar-refractivity contribution < 1.29 is 24.4 Å². The molecule has 0 spiro atoms. The van der Waals surface area contributed by atoms with E-state index in [9.17, 15) is 19.9 Å². The molecule has 3 aromatic rings. The summed E-state index contributed by atoms with van der Waals surface area (Å²) < 4.78 is 19.2. The summed E-state index contributed by atoms with van der Waals surface area (Å²) in [5.41, 5.74) is 2.20. The maximum Gasteiger partial charge on any atom is 0.123 e. The topological polar surface area (TPSA) is 113 Å². The van der Waals surface area contributed by atoms with Crippen LogP contribution in [0.2, 0.25) is 0 Å². The highest BCUT2D eigenvalue weighted by molar-refractivity contribution is 5.63. The van der Waals surface area contributed by atoms with E-state index in [1.165, 1.54) is 12.1 Å². The van der Waals surface area contributed by atoms with E-state index in [1.807, 2.05) is 6.07 Å². The summed E-state index contributed by atoms with van der Waals surface area (Å²) in [7, 11) is 0. The quantitative estimate of drug-likeness (QED) is 0.394. The Kier molecular flexibility index (Phi) is 8.59. The minimum absolute atomic E-state index is 0.121. The molecule has 0 saturated carbocycles. The molecule has 0 unspecified atom stereocenters. The van der Waals surface area contributed by atoms with Gasteiger partial charge in [0.05, 0.1) is 35.7 Å². The number of benzene rings is 2. The van der Waals surface area contributed by atoms with Gasteiger partial charge in [0.15, 0.2) is 0 Å². The number of β-amino-alcohol motifs (C(OH)–C–C–N with tert-alkyl or cyclic N) is 1. The largest absolute Gasteiger partial charge is 0.491 e. The Balaban J connectivity index is 1.56. The highest BCUT2D eigenvalue weighted by atomic mass is 19.1. The number of aliphatic hydroxyl groups excluding tert-OH is 2. The molecule has 0 amide bonds. The predicted octanol–water partition coefficient (Wildman–Crippen LogP) is 3.29. The second kappa shape index (κ2) is 11.9. The first-order chi connectivity index (χ1) is 18.2. The van der Waals surface area contributed by atoms with Crippen molar-refractivity contribution >= 4 is 5.69 Å². The molecule has 1 aromatic heterocycles. The molecule has 1 aliphatic heterocycles. The fraction of sp³-hybridized carbons (Fsp3) is 0.379. The lowest BCUT2D eigenvalue weighted by atomic mass is 9.99. The molecular formula is C29H33FN4O4. The average Bonchev–Trinajstić information content (AvgIpc) is 2.92. The van der Waals surface area contributed by atoms with Gasteiger partial charge in [-0.2, -0.15) is 5.26 Å². The standard InChI is InChI=1S/C29H33FN4O4/c1-29(2,37)28-10-5-21(17-32-28)27(36)19-33-11-12-34(26(18-33)20-3-6-23(30)7-4-20)25-9-8-24(38-14-13-35)15-22(25)16-31/h3-10,15,17,26-27,35-37H,11-14,18-19H2,1-2H3/t26-,27+/m0/s1. The van der Waals surface area contributed by atoms with Crippen LogP contribution in [0.5, 0.6) is 5.75 Å². The van der Waals surface area contributed by atoms with Gasteiger partial charge in [-0.25, -0.2) is 4.39 Å². The number of hydrogen-bond donors (Lipinski definition) is 3. The van der Waals surface area contributed by atoms with E-state index in [1.54, 1.807) is 56.4 Å². The summed E-state index contributed by atoms with van der Waals surface area (Å²) in [4.78, 5) is 8.58. The van der Waals surface area contributed by atoms with Gasteiger partial charge in [0.2, 0.25) is 0 Å². The maximum absolute atomic E-state index is 13.7. The van der Waals surface area contributed by atoms with Crippen LogP contribution < -0.4 is 9.64 Å². The molecule has 9 heteroatoms. The minimum atomic E-state index is -1.06. The van der Waals surface area contributed by atoms with Crippen molar-refractivity contribution in [1.82, 2.24) is 9.88 Å². The van der Waals surface area contributed by atoms with Crippen LogP contribution in [-0.2, 0) is 5.60 Å². The summed E-state index contributed by atoms with van der Waals surface area (Å²) in [5, 5.41) is 40.0. The number of nitrogens with zero attached hydrogens (tertiary/aromatic N) is 4. The van der Waals surface area contributed by atoms with Gasteiger partial charge in [-0.15, -0.1) is 0 Å². The van der Waals surface area contributed by atoms with Crippen LogP contribution in [0.1, 0.15) is 48.4 Å². The number of aliphatic hydroxyl groups is 3. The van der Waals surface area contributed by atoms with Crippen LogP contribution in [0.25, 0.3) is 0 Å². The Morgan fingerprint density at radius 3 is 2.55 bits per heavy atom. The second-order valence-corrected chi connectivity index (χ2v) is 9.93. The molecule has 0 aliphatic carbocycles. The molecule has 8 nitrogen and oxygen atoms in total. The van der Waals surface area contributed by atoms with E-state index in [0.29, 0.717) is 48.7 Å². The molecule has 1 saturated heterocycles. The smallest absolute Gasteiger partial charge is 0.123 e. The van der Waals surface area contributed by atoms with Gasteiger partial charge in [0, 0.05) is 37.9 Å². The predicted molar refractivity (Wildman–Crippen MR) is 141 cm³/mol. The molecule has 4 rings (SSSR count). The Labute approximate surface area is 222 Å². The highest BCUT2D eigenvalue weighted by Gasteiger charge is 2.31. The third-order valence-electron chi connectivity index (χ3n) is 6.71. The zero-order valence-electron chi connectivity index (χ0n) is 21.6. The number of pyridine rings is 1. The number of halogens is 1. The Morgan fingerprint density at radius 1 is 1.16 bits per heavy atom. The molecule has 0 radical (unpaired) electrons. The molecule has 200 valence electrons. The minimum Gasteiger partial charge on any atom is -0.491 e. The lowest BCUT2D eigenvalue weighted by molar-refractivity contribution is 0.0732. The van der Waals surface area contributed by atoms with Crippen molar-refractivity contribution in [2.24, 2.45) is 0 Å². The van der Waals surface area contributed by atoms with Gasteiger partial charge >= 0.3 is 0 Å². The van der Waals surface area contributed by atoms with Gasteiger partial charge < -0.3 is 25.0 Å². The van der Waals surface area contributed by atoms with E-state index >= 15 is 0 Å². The van der Waals surface area contributed by atoms with Gasteiger partial charge in [-0.1, -0.05) is 18.2 Å². The summed E-state index contributed by atoms with van der Waals surface area (Å²) in [6, 6.07) is 17.2. The van der Waals surface area contributed by atoms with Gasteiger partial charge in [-0.05, 0) is 55.8 Å². The molecule has 1 aliphatic rings. The van der Waals surface area contributed by atoms with Crippen molar-refractivity contribution in [3.8, 4) is 11.8 Å². The number of anilines is 1. The van der Waals surface area contributed by atoms with E-state index in [-0.39, 0.29) is 25.1 Å². The lowest BCUT2D eigenvalue weighted by Crippen LogP contribution is -2.49. The van der Waals surface area contributed by atoms with Gasteiger partial charge in [0.25, 0.3) is 0 Å². The van der Waals surface area contributed by atoms with E-state index in [2.05, 4.69) is 20.9 Å². The van der Waals surface area contributed by atoms with Crippen LogP contribution in [-0.4, -0.2) is 64.6 Å². The Hall–Kier alpha value is -3.55. The Morgan fingerprint density at radius 2 is 1.92 bits per heavy atom. The average molecular weight is 521 g/mol. The summed E-state index contributed by atoms with van der Waals surface area (Å²) >= 11 is 0. The van der Waals surface area contributed by atoms with E-state index < -0.39 is 11.7 Å². The van der Waals surface area contributed by atoms with Crippen molar-refractivity contribution in [1.29, 1.82) is 5.26 Å². The third-order valence-corrected chi connectivity index (χ3v) is 6.71. The first-order valence-corrected chi connectivity index (χ1v) is 12.6. The zero-order chi connectivity index (χ0) is 27.3. The summed E-state index contributed by atoms with van der Waals surface area (Å²) in [5.74, 6) is 0.178. The number of aromatic nitrogens is 1. The second-order valence-electron chi connectivity index (χ2n) is 9.93. The first-order valence-electron chi connectivity index (χ1n) is 12.6. The van der Waals surface area contributed by atoms with Gasteiger partial charge in [0.1, 0.15) is 29.8 Å². The van der Waals surface area contributed by atoms with Crippen LogP contribution in [0.4, 0.5) is 10.1 Å². The summed E-state index contributed by atoms with van der Waals surface area (Å²) in [6.45, 7) is 5.47. The van der Waals surface area contributed by atoms with Gasteiger partial charge in [-0.3, -0.25) is 9.88 Å². The normalized spacial score (nSPS) is 17.2. The van der Waals surface area contributed by atoms with E-state index in [0.717, 1.165) is 11.3 Å². The number of rotatable bonds is 9. The van der Waals surface area contributed by atoms with Crippen molar-refractivity contribution in [2.45, 2.75) is 31.6 Å². The first kappa shape index (κ1) is 27.5. The SMILES string of the molecule is CC(C)(O)c1ccc([C@H](O)CN2CCN(c3ccc(OCCO)cc3C#N)[C@H](c3ccc(F)cc3)C2)cn1. The molecule has 38 heavy (non-hydrogen) atoms. The monoisotopic (exact) mass is 520 g/mol. The molecule has 1 fully saturated rings. The Bertz CT molecular complexity index is 1260. The highest BCUT2D eigenvalue weighted by Crippen LogP contribution is 2.35. The zero-order valence-corrected chi connectivity index (χ0v) is 21.6. The maximum atomic E-state index is 13.7. The number of piperazine rings is 1. The van der Waals surface area contributed by atoms with Crippen LogP contribution in [0.15, 0.2) is 60.8 Å². The number of hydrogen-bond acceptors (Lipinski definition) is 8. The fourth-order valence-corrected chi connectivity index (χ4v) is 4.69. The van der Waals surface area contributed by atoms with Crippen LogP contribution in [0.3, 0.4) is 0 Å². The van der Waals surface area contributed by atoms with Crippen LogP contribution >= 0.6 is 0 Å². The van der Waals surface area contributed by atoms with Crippen molar-refractivity contribution in [2.75, 3.05) is 44.3 Å². The molecule has 2 heterocycles. The van der Waals surface area contributed by atoms with Crippen molar-refractivity contribution in [3.63, 3.8) is 0 Å². The third kappa shape index (κ3) is 6.47. The molecule has 3 N–H and O–H groups in total. The molecule has 0 bridgehead atoms. The number of nitriles is 1. The van der Waals surface area contributed by atoms with Crippen molar-refractivity contribution in [3.05, 3.63) is 89.0 Å².